The first kappa shape index (κ1) is 26.5. The van der Waals surface area contributed by atoms with Gasteiger partial charge in [0.1, 0.15) is 13.2 Å². The molecule has 3 rings (SSSR count). The molecule has 0 aliphatic carbocycles. The molecular formula is C29H39N3O3. The van der Waals surface area contributed by atoms with Crippen LogP contribution in [0, 0.1) is 0 Å². The summed E-state index contributed by atoms with van der Waals surface area (Å²) in [6.07, 6.45) is 3.00. The van der Waals surface area contributed by atoms with Crippen LogP contribution in [-0.2, 0) is 11.3 Å². The van der Waals surface area contributed by atoms with Gasteiger partial charge < -0.3 is 24.6 Å². The summed E-state index contributed by atoms with van der Waals surface area (Å²) in [6, 6.07) is 16.5. The first-order chi connectivity index (χ1) is 16.8. The summed E-state index contributed by atoms with van der Waals surface area (Å²) >= 11 is 0. The minimum Gasteiger partial charge on any atom is -0.486 e. The van der Waals surface area contributed by atoms with Crippen molar-refractivity contribution in [3.05, 3.63) is 78.0 Å². The second-order valence-electron chi connectivity index (χ2n) is 9.20. The van der Waals surface area contributed by atoms with Crippen LogP contribution in [0.3, 0.4) is 0 Å². The van der Waals surface area contributed by atoms with Crippen molar-refractivity contribution in [2.75, 3.05) is 39.9 Å². The van der Waals surface area contributed by atoms with E-state index < -0.39 is 0 Å². The van der Waals surface area contributed by atoms with Gasteiger partial charge in [-0.25, -0.2) is 0 Å². The van der Waals surface area contributed by atoms with E-state index in [9.17, 15) is 4.79 Å². The Labute approximate surface area is 210 Å². The highest BCUT2D eigenvalue weighted by molar-refractivity contribution is 5.78. The number of amides is 1. The number of likely N-dealkylation sites (N-methyl/N-ethyl adjacent to an activating group) is 1. The molecule has 0 aromatic heterocycles. The van der Waals surface area contributed by atoms with Gasteiger partial charge in [0.2, 0.25) is 5.91 Å². The molecule has 2 aromatic carbocycles. The van der Waals surface area contributed by atoms with E-state index in [4.69, 9.17) is 9.47 Å². The van der Waals surface area contributed by atoms with Crippen LogP contribution in [0.1, 0.15) is 38.3 Å². The summed E-state index contributed by atoms with van der Waals surface area (Å²) < 4.78 is 11.3. The molecule has 1 N–H and O–H groups in total. The number of allylic oxidation sites excluding steroid dienone is 3. The smallest absolute Gasteiger partial charge is 0.223 e. The fraction of sp³-hybridized carbons (Fsp3) is 0.414. The van der Waals surface area contributed by atoms with E-state index in [-0.39, 0.29) is 5.91 Å². The Kier molecular flexibility index (Phi) is 9.94. The molecule has 6 heteroatoms. The van der Waals surface area contributed by atoms with Gasteiger partial charge in [-0.15, -0.1) is 0 Å². The summed E-state index contributed by atoms with van der Waals surface area (Å²) in [4.78, 5) is 16.4. The summed E-state index contributed by atoms with van der Waals surface area (Å²) in [5.74, 6) is 1.70. The lowest BCUT2D eigenvalue weighted by atomic mass is 10.1. The van der Waals surface area contributed by atoms with Crippen LogP contribution < -0.4 is 14.8 Å². The van der Waals surface area contributed by atoms with Crippen LogP contribution in [0.4, 0.5) is 0 Å². The van der Waals surface area contributed by atoms with Gasteiger partial charge in [-0.2, -0.15) is 0 Å². The zero-order chi connectivity index (χ0) is 25.2. The molecular weight excluding hydrogens is 438 g/mol. The van der Waals surface area contributed by atoms with Crippen LogP contribution >= 0.6 is 0 Å². The Morgan fingerprint density at radius 2 is 1.77 bits per heavy atom. The van der Waals surface area contributed by atoms with Crippen molar-refractivity contribution in [3.63, 3.8) is 0 Å². The molecule has 0 fully saturated rings. The normalized spacial score (nSPS) is 14.0. The highest BCUT2D eigenvalue weighted by Crippen LogP contribution is 2.30. The third-order valence-corrected chi connectivity index (χ3v) is 6.24. The number of fused-ring (bicyclic) bond motifs is 1. The number of nitrogens with one attached hydrogen (secondary N) is 1. The van der Waals surface area contributed by atoms with Gasteiger partial charge in [-0.05, 0) is 68.8 Å². The number of hydrogen-bond donors (Lipinski definition) is 1. The van der Waals surface area contributed by atoms with Crippen molar-refractivity contribution < 1.29 is 14.3 Å². The van der Waals surface area contributed by atoms with E-state index >= 15 is 0 Å². The van der Waals surface area contributed by atoms with Crippen molar-refractivity contribution in [1.82, 2.24) is 15.1 Å². The second kappa shape index (κ2) is 13.1. The fourth-order valence-electron chi connectivity index (χ4n) is 4.04. The molecule has 1 heterocycles. The molecule has 188 valence electrons. The molecule has 0 spiro atoms. The average molecular weight is 478 g/mol. The predicted octanol–water partition coefficient (Wildman–Crippen LogP) is 4.72. The zero-order valence-electron chi connectivity index (χ0n) is 21.5. The molecule has 0 radical (unpaired) electrons. The lowest BCUT2D eigenvalue weighted by molar-refractivity contribution is -0.127. The number of nitrogens with zero attached hydrogens (tertiary/aromatic N) is 2. The van der Waals surface area contributed by atoms with Gasteiger partial charge >= 0.3 is 0 Å². The standard InChI is InChI=1S/C29H39N3O3/c1-22(27-9-7-6-8-10-27)19-24(3)32(25(4)33)16-15-31(5)14-13-23(2)30-21-26-11-12-28-29(20-26)35-18-17-34-28/h6-12,19-20,23,30H,1,13-18,21H2,2-5H3/b24-19+. The molecule has 1 atom stereocenters. The van der Waals surface area contributed by atoms with Crippen molar-refractivity contribution in [1.29, 1.82) is 0 Å². The summed E-state index contributed by atoms with van der Waals surface area (Å²) in [5.41, 5.74) is 4.06. The fourth-order valence-corrected chi connectivity index (χ4v) is 4.04. The first-order valence-electron chi connectivity index (χ1n) is 12.3. The highest BCUT2D eigenvalue weighted by Gasteiger charge is 2.14. The van der Waals surface area contributed by atoms with E-state index in [0.29, 0.717) is 25.8 Å². The quantitative estimate of drug-likeness (QED) is 0.448. The Morgan fingerprint density at radius 3 is 2.49 bits per heavy atom. The van der Waals surface area contributed by atoms with Crippen molar-refractivity contribution in [2.45, 2.75) is 39.8 Å². The molecule has 0 saturated heterocycles. The largest absolute Gasteiger partial charge is 0.486 e. The van der Waals surface area contributed by atoms with Gasteiger partial charge in [0.15, 0.2) is 11.5 Å². The maximum atomic E-state index is 12.3. The molecule has 0 bridgehead atoms. The third-order valence-electron chi connectivity index (χ3n) is 6.24. The van der Waals surface area contributed by atoms with E-state index in [1.807, 2.05) is 54.3 Å². The lowest BCUT2D eigenvalue weighted by Crippen LogP contribution is -2.37. The van der Waals surface area contributed by atoms with Gasteiger partial charge in [0.25, 0.3) is 0 Å². The molecule has 35 heavy (non-hydrogen) atoms. The van der Waals surface area contributed by atoms with Crippen molar-refractivity contribution >= 4 is 11.5 Å². The Hall–Kier alpha value is -3.09. The van der Waals surface area contributed by atoms with Gasteiger partial charge in [-0.3, -0.25) is 4.79 Å². The minimum atomic E-state index is 0.0440. The highest BCUT2D eigenvalue weighted by atomic mass is 16.6. The number of ether oxygens (including phenoxy) is 2. The van der Waals surface area contributed by atoms with Gasteiger partial charge in [0, 0.05) is 38.3 Å². The molecule has 1 aliphatic heterocycles. The van der Waals surface area contributed by atoms with E-state index in [2.05, 4.69) is 42.9 Å². The predicted molar refractivity (Wildman–Crippen MR) is 142 cm³/mol. The van der Waals surface area contributed by atoms with Crippen LogP contribution in [0.2, 0.25) is 0 Å². The van der Waals surface area contributed by atoms with Crippen LogP contribution in [0.5, 0.6) is 11.5 Å². The summed E-state index contributed by atoms with van der Waals surface area (Å²) in [5, 5.41) is 3.59. The molecule has 1 unspecified atom stereocenters. The van der Waals surface area contributed by atoms with Crippen LogP contribution in [-0.4, -0.2) is 61.6 Å². The molecule has 1 aliphatic rings. The minimum absolute atomic E-state index is 0.0440. The molecule has 2 aromatic rings. The first-order valence-corrected chi connectivity index (χ1v) is 12.3. The van der Waals surface area contributed by atoms with E-state index in [0.717, 1.165) is 54.4 Å². The number of carbonyl (C=O) groups is 1. The monoisotopic (exact) mass is 477 g/mol. The molecule has 1 amide bonds. The van der Waals surface area contributed by atoms with Gasteiger partial charge in [0.05, 0.1) is 0 Å². The summed E-state index contributed by atoms with van der Waals surface area (Å²) in [7, 11) is 2.10. The maximum Gasteiger partial charge on any atom is 0.223 e. The zero-order valence-corrected chi connectivity index (χ0v) is 21.5. The Balaban J connectivity index is 1.42. The Morgan fingerprint density at radius 1 is 1.06 bits per heavy atom. The number of rotatable bonds is 12. The van der Waals surface area contributed by atoms with Crippen LogP contribution in [0.25, 0.3) is 5.57 Å². The number of benzene rings is 2. The lowest BCUT2D eigenvalue weighted by Gasteiger charge is -2.26. The van der Waals surface area contributed by atoms with Crippen molar-refractivity contribution in [3.8, 4) is 11.5 Å². The third kappa shape index (κ3) is 8.26. The van der Waals surface area contributed by atoms with E-state index in [1.54, 1.807) is 6.92 Å². The maximum absolute atomic E-state index is 12.3. The SMILES string of the molecule is C=C(/C=C(\C)N(CCN(C)CCC(C)NCc1ccc2c(c1)OCCO2)C(C)=O)c1ccccc1. The molecule has 6 nitrogen and oxygen atoms in total. The van der Waals surface area contributed by atoms with Gasteiger partial charge in [-0.1, -0.05) is 43.0 Å². The Bertz CT molecular complexity index is 1020. The topological polar surface area (TPSA) is 54.0 Å². The second-order valence-corrected chi connectivity index (χ2v) is 9.20. The number of hydrogen-bond acceptors (Lipinski definition) is 5. The number of carbonyl (C=O) groups excluding carboxylic acids is 1. The molecule has 0 saturated carbocycles. The van der Waals surface area contributed by atoms with Crippen LogP contribution in [0.15, 0.2) is 66.9 Å². The van der Waals surface area contributed by atoms with Crippen molar-refractivity contribution in [2.24, 2.45) is 0 Å². The van der Waals surface area contributed by atoms with E-state index in [1.165, 1.54) is 5.56 Å². The summed E-state index contributed by atoms with van der Waals surface area (Å²) in [6.45, 7) is 14.4. The average Bonchev–Trinajstić information content (AvgIpc) is 2.86.